The maximum Gasteiger partial charge on any atom is 0.343 e. The van der Waals surface area contributed by atoms with Gasteiger partial charge in [-0.25, -0.2) is 19.9 Å². The molecule has 0 aliphatic rings. The summed E-state index contributed by atoms with van der Waals surface area (Å²) in [6.07, 6.45) is 1.32. The topological polar surface area (TPSA) is 85.7 Å². The third kappa shape index (κ3) is 2.27. The van der Waals surface area contributed by atoms with E-state index in [1.54, 1.807) is 7.05 Å². The van der Waals surface area contributed by atoms with Gasteiger partial charge in [0.2, 0.25) is 0 Å². The molecular weight excluding hydrogens is 266 g/mol. The van der Waals surface area contributed by atoms with E-state index in [1.807, 2.05) is 0 Å². The van der Waals surface area contributed by atoms with E-state index in [4.69, 9.17) is 16.3 Å². The number of nitrogens with one attached hydrogen (secondary N) is 1. The smallest absolute Gasteiger partial charge is 0.343 e. The Morgan fingerprint density at radius 1 is 1.53 bits per heavy atom. The Morgan fingerprint density at radius 2 is 2.29 bits per heavy atom. The zero-order valence-electron chi connectivity index (χ0n) is 8.97. The van der Waals surface area contributed by atoms with Gasteiger partial charge < -0.3 is 4.74 Å². The second-order valence-electron chi connectivity index (χ2n) is 2.98. The van der Waals surface area contributed by atoms with Crippen LogP contribution < -0.4 is 10.4 Å². The Labute approximate surface area is 105 Å². The number of aromatic amines is 1. The number of hydrogen-bond acceptors (Lipinski definition) is 6. The van der Waals surface area contributed by atoms with Crippen LogP contribution in [-0.2, 0) is 7.05 Å². The molecule has 9 heteroatoms. The lowest BCUT2D eigenvalue weighted by Gasteiger charge is -2.06. The summed E-state index contributed by atoms with van der Waals surface area (Å²) in [7, 11) is 3.07. The number of H-pyrrole nitrogens is 1. The average Bonchev–Trinajstić information content (AvgIpc) is 2.61. The highest BCUT2D eigenvalue weighted by molar-refractivity contribution is 7.99. The first-order valence-electron chi connectivity index (χ1n) is 4.47. The molecule has 2 rings (SSSR count). The van der Waals surface area contributed by atoms with E-state index in [-0.39, 0.29) is 10.8 Å². The minimum absolute atomic E-state index is 0.213. The largest absolute Gasteiger partial charge is 0.491 e. The maximum absolute atomic E-state index is 11.2. The summed E-state index contributed by atoms with van der Waals surface area (Å²) in [6.45, 7) is 0. The van der Waals surface area contributed by atoms with Crippen molar-refractivity contribution in [2.75, 3.05) is 7.11 Å². The van der Waals surface area contributed by atoms with Crippen molar-refractivity contribution < 1.29 is 4.74 Å². The zero-order valence-corrected chi connectivity index (χ0v) is 10.5. The summed E-state index contributed by atoms with van der Waals surface area (Å²) in [6, 6.07) is 0. The van der Waals surface area contributed by atoms with Crippen molar-refractivity contribution in [1.29, 1.82) is 0 Å². The lowest BCUT2D eigenvalue weighted by molar-refractivity contribution is 0.398. The van der Waals surface area contributed by atoms with Gasteiger partial charge in [-0.05, 0) is 11.8 Å². The number of aromatic nitrogens is 5. The molecule has 2 aromatic heterocycles. The van der Waals surface area contributed by atoms with E-state index in [0.29, 0.717) is 15.9 Å². The van der Waals surface area contributed by atoms with E-state index < -0.39 is 0 Å². The molecule has 1 N–H and O–H groups in total. The summed E-state index contributed by atoms with van der Waals surface area (Å²) < 4.78 is 6.45. The fourth-order valence-corrected chi connectivity index (χ4v) is 2.21. The number of methoxy groups -OCH3 is 1. The summed E-state index contributed by atoms with van der Waals surface area (Å²) in [5, 5.41) is 7.34. The van der Waals surface area contributed by atoms with Gasteiger partial charge in [0.15, 0.2) is 21.1 Å². The van der Waals surface area contributed by atoms with Gasteiger partial charge in [-0.2, -0.15) is 0 Å². The Morgan fingerprint density at radius 3 is 2.88 bits per heavy atom. The number of hydrogen-bond donors (Lipinski definition) is 1. The van der Waals surface area contributed by atoms with Crippen molar-refractivity contribution in [2.45, 2.75) is 10.2 Å². The first-order valence-corrected chi connectivity index (χ1v) is 5.66. The second-order valence-corrected chi connectivity index (χ2v) is 4.29. The third-order valence-corrected chi connectivity index (χ3v) is 3.26. The van der Waals surface area contributed by atoms with Gasteiger partial charge in [0.1, 0.15) is 6.33 Å². The van der Waals surface area contributed by atoms with Crippen LogP contribution in [0.2, 0.25) is 5.15 Å². The van der Waals surface area contributed by atoms with Crippen molar-refractivity contribution >= 4 is 23.4 Å². The van der Waals surface area contributed by atoms with Crippen molar-refractivity contribution in [3.05, 3.63) is 22.0 Å². The van der Waals surface area contributed by atoms with Crippen LogP contribution in [0.4, 0.5) is 0 Å². The lowest BCUT2D eigenvalue weighted by atomic mass is 10.6. The molecule has 2 aromatic rings. The van der Waals surface area contributed by atoms with Gasteiger partial charge in [0.25, 0.3) is 0 Å². The predicted octanol–water partition coefficient (Wildman–Crippen LogP) is 0.712. The molecule has 0 saturated carbocycles. The molecule has 0 saturated heterocycles. The molecule has 0 atom stereocenters. The van der Waals surface area contributed by atoms with E-state index in [9.17, 15) is 4.79 Å². The molecule has 0 bridgehead atoms. The quantitative estimate of drug-likeness (QED) is 0.829. The van der Waals surface area contributed by atoms with Gasteiger partial charge in [0.05, 0.1) is 7.11 Å². The number of halogens is 1. The summed E-state index contributed by atoms with van der Waals surface area (Å²) in [5.41, 5.74) is -0.299. The minimum atomic E-state index is -0.299. The molecule has 0 aliphatic carbocycles. The number of ether oxygens (including phenoxy) is 1. The molecule has 17 heavy (non-hydrogen) atoms. The Bertz CT molecular complexity index is 596. The molecule has 0 amide bonds. The highest BCUT2D eigenvalue weighted by Gasteiger charge is 2.15. The SMILES string of the molecule is COc1c(Cl)ncnc1Sc1n[nH]c(=O)n1C. The highest BCUT2D eigenvalue weighted by Crippen LogP contribution is 2.34. The summed E-state index contributed by atoms with van der Waals surface area (Å²) in [5.74, 6) is 0.356. The molecule has 0 radical (unpaired) electrons. The van der Waals surface area contributed by atoms with E-state index in [0.717, 1.165) is 11.8 Å². The number of rotatable bonds is 3. The van der Waals surface area contributed by atoms with Crippen LogP contribution in [0.1, 0.15) is 0 Å². The number of nitrogens with zero attached hydrogens (tertiary/aromatic N) is 4. The normalized spacial score (nSPS) is 10.5. The molecule has 7 nitrogen and oxygen atoms in total. The molecule has 0 aromatic carbocycles. The van der Waals surface area contributed by atoms with Crippen molar-refractivity contribution in [2.24, 2.45) is 7.05 Å². The maximum atomic E-state index is 11.2. The fourth-order valence-electron chi connectivity index (χ4n) is 1.09. The lowest BCUT2D eigenvalue weighted by Crippen LogP contribution is -2.12. The first-order chi connectivity index (χ1) is 8.13. The average molecular weight is 274 g/mol. The third-order valence-electron chi connectivity index (χ3n) is 1.96. The van der Waals surface area contributed by atoms with Crippen molar-refractivity contribution in [3.8, 4) is 5.75 Å². The van der Waals surface area contributed by atoms with Crippen molar-refractivity contribution in [1.82, 2.24) is 24.7 Å². The minimum Gasteiger partial charge on any atom is -0.491 e. The van der Waals surface area contributed by atoms with Crippen LogP contribution in [0.5, 0.6) is 5.75 Å². The molecule has 0 spiro atoms. The first kappa shape index (κ1) is 11.9. The molecule has 2 heterocycles. The fraction of sp³-hybridized carbons (Fsp3) is 0.250. The summed E-state index contributed by atoms with van der Waals surface area (Å²) in [4.78, 5) is 19.0. The second kappa shape index (κ2) is 4.76. The van der Waals surface area contributed by atoms with Crippen LogP contribution >= 0.6 is 23.4 Å². The van der Waals surface area contributed by atoms with Crippen LogP contribution in [-0.4, -0.2) is 31.8 Å². The molecule has 0 unspecified atom stereocenters. The Kier molecular flexibility index (Phi) is 3.34. The molecule has 90 valence electrons. The van der Waals surface area contributed by atoms with Gasteiger partial charge in [-0.1, -0.05) is 11.6 Å². The van der Waals surface area contributed by atoms with E-state index in [2.05, 4.69) is 20.2 Å². The van der Waals surface area contributed by atoms with Crippen LogP contribution in [0, 0.1) is 0 Å². The van der Waals surface area contributed by atoms with Gasteiger partial charge in [-0.15, -0.1) is 5.10 Å². The van der Waals surface area contributed by atoms with Gasteiger partial charge in [-0.3, -0.25) is 4.57 Å². The highest BCUT2D eigenvalue weighted by atomic mass is 35.5. The molecule has 0 aliphatic heterocycles. The van der Waals surface area contributed by atoms with Gasteiger partial charge in [0, 0.05) is 7.05 Å². The predicted molar refractivity (Wildman–Crippen MR) is 61.5 cm³/mol. The van der Waals surface area contributed by atoms with Crippen molar-refractivity contribution in [3.63, 3.8) is 0 Å². The Balaban J connectivity index is 2.39. The van der Waals surface area contributed by atoms with E-state index in [1.165, 1.54) is 18.0 Å². The van der Waals surface area contributed by atoms with Crippen LogP contribution in [0.15, 0.2) is 21.3 Å². The zero-order chi connectivity index (χ0) is 12.4. The molecule has 0 fully saturated rings. The molecular formula is C8H8ClN5O2S. The van der Waals surface area contributed by atoms with E-state index >= 15 is 0 Å². The monoisotopic (exact) mass is 273 g/mol. The van der Waals surface area contributed by atoms with Gasteiger partial charge >= 0.3 is 5.69 Å². The standard InChI is InChI=1S/C8H8ClN5O2S/c1-14-7(15)12-13-8(14)17-6-4(16-2)5(9)10-3-11-6/h3H,1-2H3,(H,12,15). The summed E-state index contributed by atoms with van der Waals surface area (Å²) >= 11 is 7.02. The van der Waals surface area contributed by atoms with Crippen LogP contribution in [0.25, 0.3) is 0 Å². The van der Waals surface area contributed by atoms with Crippen LogP contribution in [0.3, 0.4) is 0 Å². The Hall–Kier alpha value is -1.54.